The van der Waals surface area contributed by atoms with Gasteiger partial charge >= 0.3 is 0 Å². The molecular weight excluding hydrogens is 819 g/mol. The molecular formula is C62H43N3S. The van der Waals surface area contributed by atoms with Gasteiger partial charge in [-0.1, -0.05) is 152 Å². The van der Waals surface area contributed by atoms with Crippen molar-refractivity contribution >= 4 is 104 Å². The minimum atomic E-state index is -0.505. The monoisotopic (exact) mass is 872 g/mol. The molecule has 0 radical (unpaired) electrons. The second kappa shape index (κ2) is 16.9. The highest BCUT2D eigenvalue weighted by Gasteiger charge is 2.21. The second-order valence-corrected chi connectivity index (χ2v) is 16.7. The second-order valence-electron chi connectivity index (χ2n) is 15.7. The summed E-state index contributed by atoms with van der Waals surface area (Å²) in [4.78, 5) is 6.09. The van der Waals surface area contributed by atoms with Crippen LogP contribution in [0.2, 0.25) is 0 Å². The number of anilines is 9. The van der Waals surface area contributed by atoms with Crippen LogP contribution in [0.4, 0.5) is 51.2 Å². The third-order valence-electron chi connectivity index (χ3n) is 11.6. The Morgan fingerprint density at radius 1 is 0.318 bits per heavy atom. The summed E-state index contributed by atoms with van der Waals surface area (Å²) in [6, 6.07) is 59.6. The molecule has 312 valence electrons. The summed E-state index contributed by atoms with van der Waals surface area (Å²) < 4.78 is 102. The van der Waals surface area contributed by atoms with E-state index in [0.717, 1.165) is 50.9 Å². The lowest BCUT2D eigenvalue weighted by Gasteiger charge is -2.31. The fourth-order valence-corrected chi connectivity index (χ4v) is 9.64. The summed E-state index contributed by atoms with van der Waals surface area (Å²) in [6.07, 6.45) is 0. The van der Waals surface area contributed by atoms with Gasteiger partial charge in [0.15, 0.2) is 0 Å². The van der Waals surface area contributed by atoms with Gasteiger partial charge in [-0.15, -0.1) is 11.3 Å². The molecule has 0 amide bonds. The van der Waals surface area contributed by atoms with Crippen molar-refractivity contribution in [1.29, 1.82) is 0 Å². The molecule has 0 spiro atoms. The van der Waals surface area contributed by atoms with Gasteiger partial charge in [-0.25, -0.2) is 0 Å². The number of para-hydroxylation sites is 4. The Hall–Kier alpha value is -8.44. The molecule has 12 aromatic rings. The van der Waals surface area contributed by atoms with Crippen LogP contribution < -0.4 is 14.7 Å². The van der Waals surface area contributed by atoms with Crippen LogP contribution in [0, 0.1) is 0 Å². The summed E-state index contributed by atoms with van der Waals surface area (Å²) in [6.45, 7) is 0. The first-order valence-corrected chi connectivity index (χ1v) is 22.4. The summed E-state index contributed by atoms with van der Waals surface area (Å²) in [7, 11) is 0. The van der Waals surface area contributed by atoms with E-state index in [1.807, 2.05) is 146 Å². The van der Waals surface area contributed by atoms with Crippen molar-refractivity contribution in [3.8, 4) is 11.1 Å². The van der Waals surface area contributed by atoms with E-state index >= 15 is 0 Å². The molecule has 1 heterocycles. The molecule has 66 heavy (non-hydrogen) atoms. The first-order chi connectivity index (χ1) is 37.3. The van der Waals surface area contributed by atoms with Gasteiger partial charge in [0.25, 0.3) is 0 Å². The first-order valence-electron chi connectivity index (χ1n) is 27.0. The maximum atomic E-state index is 10.2. The Bertz CT molecular complexity index is 4310. The largest absolute Gasteiger partial charge is 0.310 e. The number of nitrogens with zero attached hydrogens (tertiary/aromatic N) is 3. The quantitative estimate of drug-likeness (QED) is 0.127. The fraction of sp³-hybridized carbons (Fsp3) is 0. The van der Waals surface area contributed by atoms with Crippen molar-refractivity contribution in [1.82, 2.24) is 0 Å². The third-order valence-corrected chi connectivity index (χ3v) is 12.6. The summed E-state index contributed by atoms with van der Waals surface area (Å²) in [5, 5.41) is -0.403. The molecule has 0 saturated heterocycles. The van der Waals surface area contributed by atoms with Crippen LogP contribution in [0.5, 0.6) is 0 Å². The minimum Gasteiger partial charge on any atom is -0.310 e. The lowest BCUT2D eigenvalue weighted by molar-refractivity contribution is 1.24. The molecule has 3 nitrogen and oxygen atoms in total. The van der Waals surface area contributed by atoms with Crippen LogP contribution in [0.25, 0.3) is 52.8 Å². The van der Waals surface area contributed by atoms with Crippen LogP contribution in [-0.2, 0) is 0 Å². The zero-order chi connectivity index (χ0) is 53.4. The smallest absolute Gasteiger partial charge is 0.0652 e. The Morgan fingerprint density at radius 3 is 1.45 bits per heavy atom. The molecule has 1 aromatic heterocycles. The van der Waals surface area contributed by atoms with Gasteiger partial charge in [-0.3, -0.25) is 0 Å². The molecule has 0 aliphatic carbocycles. The van der Waals surface area contributed by atoms with Crippen LogP contribution in [0.3, 0.4) is 0 Å². The predicted octanol–water partition coefficient (Wildman–Crippen LogP) is 18.4. The number of fused-ring (bicyclic) bond motifs is 6. The number of thiophene rings is 1. The lowest BCUT2D eigenvalue weighted by atomic mass is 9.99. The molecule has 0 aliphatic rings. The number of rotatable bonds is 10. The molecule has 0 fully saturated rings. The average molecular weight is 873 g/mol. The highest BCUT2D eigenvalue weighted by atomic mass is 32.1. The van der Waals surface area contributed by atoms with Crippen molar-refractivity contribution in [3.63, 3.8) is 0 Å². The molecule has 11 aromatic carbocycles. The van der Waals surface area contributed by atoms with Gasteiger partial charge in [0, 0.05) is 71.2 Å². The van der Waals surface area contributed by atoms with E-state index in [1.54, 1.807) is 4.90 Å². The van der Waals surface area contributed by atoms with E-state index in [4.69, 9.17) is 5.48 Å². The van der Waals surface area contributed by atoms with E-state index in [1.165, 1.54) is 0 Å². The molecule has 0 unspecified atom stereocenters. The highest BCUT2D eigenvalue weighted by Crippen LogP contribution is 2.46. The van der Waals surface area contributed by atoms with Crippen LogP contribution >= 0.6 is 11.3 Å². The van der Waals surface area contributed by atoms with E-state index in [-0.39, 0.29) is 77.6 Å². The van der Waals surface area contributed by atoms with Gasteiger partial charge < -0.3 is 14.7 Å². The summed E-state index contributed by atoms with van der Waals surface area (Å²) in [5.41, 5.74) is 8.35. The van der Waals surface area contributed by atoms with Gasteiger partial charge in [0.1, 0.15) is 0 Å². The van der Waals surface area contributed by atoms with E-state index in [9.17, 15) is 9.60 Å². The van der Waals surface area contributed by atoms with E-state index in [2.05, 4.69) is 58.3 Å². The van der Waals surface area contributed by atoms with Gasteiger partial charge in [0.2, 0.25) is 0 Å². The van der Waals surface area contributed by atoms with Crippen molar-refractivity contribution < 1.29 is 15.1 Å². The Balaban J connectivity index is 1.08. The normalized spacial score (nSPS) is 13.7. The van der Waals surface area contributed by atoms with Gasteiger partial charge in [-0.05, 0) is 136 Å². The molecule has 0 saturated carbocycles. The SMILES string of the molecule is [2H]c1c([2H])c([2H])c2c(sc3c([2H])c4c([2H])c([2H])c5c([2H])c([2H])c(N(c6ccccc6)c6cccc(N(c7ccccc7)c7cccc(N(c8ccccc8)c8ccccc8-c8ccccc8)c7)c6)c([2H])c5c4c([2H])c32)c1[2H]. The lowest BCUT2D eigenvalue weighted by Crippen LogP contribution is -2.14. The molecule has 0 N–H and O–H groups in total. The Kier molecular flexibility index (Phi) is 7.46. The fourth-order valence-electron chi connectivity index (χ4n) is 8.67. The third kappa shape index (κ3) is 7.20. The highest BCUT2D eigenvalue weighted by molar-refractivity contribution is 7.25. The first kappa shape index (κ1) is 29.1. The summed E-state index contributed by atoms with van der Waals surface area (Å²) >= 11 is 0.922. The zero-order valence-corrected chi connectivity index (χ0v) is 36.0. The topological polar surface area (TPSA) is 9.72 Å². The number of hydrogen-bond acceptors (Lipinski definition) is 4. The minimum absolute atomic E-state index is 0.0435. The summed E-state index contributed by atoms with van der Waals surface area (Å²) in [5.74, 6) is 0. The number of benzene rings is 11. The molecule has 0 bridgehead atoms. The van der Waals surface area contributed by atoms with Crippen LogP contribution in [0.1, 0.15) is 15.1 Å². The average Bonchev–Trinajstić information content (AvgIpc) is 4.06. The maximum absolute atomic E-state index is 10.2. The van der Waals surface area contributed by atoms with Crippen molar-refractivity contribution in [2.45, 2.75) is 0 Å². The van der Waals surface area contributed by atoms with Crippen molar-refractivity contribution in [2.24, 2.45) is 0 Å². The Labute approximate surface area is 404 Å². The van der Waals surface area contributed by atoms with E-state index < -0.39 is 36.3 Å². The van der Waals surface area contributed by atoms with Crippen molar-refractivity contribution in [2.75, 3.05) is 14.7 Å². The zero-order valence-electron chi connectivity index (χ0n) is 46.2. The molecule has 12 rings (SSSR count). The maximum Gasteiger partial charge on any atom is 0.0652 e. The van der Waals surface area contributed by atoms with Crippen molar-refractivity contribution in [3.05, 3.63) is 261 Å². The predicted molar refractivity (Wildman–Crippen MR) is 284 cm³/mol. The van der Waals surface area contributed by atoms with Gasteiger partial charge in [0.05, 0.1) is 20.8 Å². The molecule has 0 atom stereocenters. The van der Waals surface area contributed by atoms with E-state index in [0.29, 0.717) is 17.1 Å². The molecule has 0 aliphatic heterocycles. The Morgan fingerprint density at radius 2 is 0.803 bits per heavy atom. The number of hydrogen-bond donors (Lipinski definition) is 0. The van der Waals surface area contributed by atoms with Crippen LogP contribution in [-0.4, -0.2) is 0 Å². The molecule has 4 heteroatoms. The van der Waals surface area contributed by atoms with Crippen LogP contribution in [0.15, 0.2) is 261 Å². The standard InChI is InChI=1S/C62H43N3S/c1-5-19-44(20-6-1)55-31-13-15-33-60(55)65(49-25-11-4-12-26-49)53-30-18-29-52(41-53)63(47-21-7-2-8-22-47)50-27-17-28-51(40-50)64(48-23-9-3-10-24-48)54-38-37-45-35-36-46-39-62-59(43-58(46)57(45)42-54)56-32-14-16-34-61(56)66-62/h1-43H/i14D,16D,32D,34D,35D,36D,37D,38D,39D,42D,43D. The van der Waals surface area contributed by atoms with Gasteiger partial charge in [-0.2, -0.15) is 0 Å².